The number of fused-ring (bicyclic) bond motifs is 2. The first kappa shape index (κ1) is 13.3. The van der Waals surface area contributed by atoms with E-state index in [1.807, 2.05) is 0 Å². The molecule has 2 amide bonds. The molecule has 1 aromatic rings. The summed E-state index contributed by atoms with van der Waals surface area (Å²) < 4.78 is 39.6. The van der Waals surface area contributed by atoms with Gasteiger partial charge >= 0.3 is 16.4 Å². The number of aryl methyl sites for hydroxylation is 1. The zero-order valence-corrected chi connectivity index (χ0v) is 11.3. The lowest BCUT2D eigenvalue weighted by Gasteiger charge is -2.27. The van der Waals surface area contributed by atoms with Crippen LogP contribution in [0.15, 0.2) is 4.52 Å². The molecule has 0 saturated carbocycles. The van der Waals surface area contributed by atoms with Crippen LogP contribution in [0.5, 0.6) is 0 Å². The van der Waals surface area contributed by atoms with Crippen LogP contribution >= 0.6 is 0 Å². The monoisotopic (exact) mass is 304 g/mol. The fraction of sp³-hybridized carbons (Fsp3) is 0.667. The van der Waals surface area contributed by atoms with E-state index in [0.29, 0.717) is 29.6 Å². The maximum Gasteiger partial charge on any atom is 0.418 e. The first-order valence-electron chi connectivity index (χ1n) is 5.92. The standard InChI is InChI=1S/C9H12N4O6S/c1-5-10-8(18-11-5)7-3-2-6-4-12(7)9(14)13(6)19-20(15,16)17/h6-7H,2-4H2,1H3,(H,15,16,17). The molecule has 0 aliphatic carbocycles. The van der Waals surface area contributed by atoms with E-state index in [4.69, 9.17) is 9.08 Å². The molecular formula is C9H12N4O6S. The highest BCUT2D eigenvalue weighted by Crippen LogP contribution is 2.37. The molecule has 2 fully saturated rings. The van der Waals surface area contributed by atoms with Gasteiger partial charge in [-0.05, 0) is 19.8 Å². The second-order valence-corrected chi connectivity index (χ2v) is 5.69. The Morgan fingerprint density at radius 3 is 2.80 bits per heavy atom. The Bertz CT molecular complexity index is 643. The number of urea groups is 1. The normalized spacial score (nSPS) is 26.4. The number of amides is 2. The Morgan fingerprint density at radius 1 is 1.45 bits per heavy atom. The molecule has 0 spiro atoms. The maximum absolute atomic E-state index is 12.1. The Kier molecular flexibility index (Phi) is 2.92. The average molecular weight is 304 g/mol. The second kappa shape index (κ2) is 4.40. The average Bonchev–Trinajstić information content (AvgIpc) is 2.88. The Labute approximate surface area is 114 Å². The largest absolute Gasteiger partial charge is 0.418 e. The van der Waals surface area contributed by atoms with Gasteiger partial charge in [0, 0.05) is 6.54 Å². The molecule has 2 aliphatic heterocycles. The second-order valence-electron chi connectivity index (χ2n) is 4.69. The molecular weight excluding hydrogens is 292 g/mol. The Morgan fingerprint density at radius 2 is 2.20 bits per heavy atom. The molecule has 20 heavy (non-hydrogen) atoms. The van der Waals surface area contributed by atoms with Gasteiger partial charge in [0.05, 0.1) is 6.04 Å². The molecule has 2 unspecified atom stereocenters. The Hall–Kier alpha value is -1.72. The van der Waals surface area contributed by atoms with Gasteiger partial charge in [-0.1, -0.05) is 5.16 Å². The van der Waals surface area contributed by atoms with Gasteiger partial charge in [0.15, 0.2) is 5.82 Å². The van der Waals surface area contributed by atoms with Gasteiger partial charge in [-0.25, -0.2) is 4.79 Å². The van der Waals surface area contributed by atoms with Crippen molar-refractivity contribution in [1.29, 1.82) is 0 Å². The van der Waals surface area contributed by atoms with Gasteiger partial charge in [0.1, 0.15) is 6.04 Å². The van der Waals surface area contributed by atoms with E-state index >= 15 is 0 Å². The molecule has 2 saturated heterocycles. The maximum atomic E-state index is 12.1. The number of nitrogens with zero attached hydrogens (tertiary/aromatic N) is 4. The minimum atomic E-state index is -4.73. The first-order chi connectivity index (χ1) is 9.35. The van der Waals surface area contributed by atoms with E-state index in [1.165, 1.54) is 4.90 Å². The molecule has 10 nitrogen and oxygen atoms in total. The lowest BCUT2D eigenvalue weighted by atomic mass is 10.0. The van der Waals surface area contributed by atoms with Crippen LogP contribution in [0.25, 0.3) is 0 Å². The zero-order chi connectivity index (χ0) is 14.5. The Balaban J connectivity index is 1.84. The number of hydrogen-bond donors (Lipinski definition) is 1. The van der Waals surface area contributed by atoms with Crippen molar-refractivity contribution in [2.45, 2.75) is 31.8 Å². The van der Waals surface area contributed by atoms with Gasteiger partial charge in [-0.3, -0.25) is 4.55 Å². The molecule has 2 aliphatic rings. The van der Waals surface area contributed by atoms with Crippen LogP contribution in [0.2, 0.25) is 0 Å². The number of hydroxylamine groups is 2. The molecule has 3 rings (SSSR count). The van der Waals surface area contributed by atoms with E-state index in [1.54, 1.807) is 6.92 Å². The molecule has 1 aromatic heterocycles. The lowest BCUT2D eigenvalue weighted by molar-refractivity contribution is -0.0317. The van der Waals surface area contributed by atoms with Crippen LogP contribution < -0.4 is 0 Å². The number of carbonyl (C=O) groups excluding carboxylic acids is 1. The number of rotatable bonds is 3. The van der Waals surface area contributed by atoms with E-state index in [0.717, 1.165) is 0 Å². The third-order valence-electron chi connectivity index (χ3n) is 3.33. The smallest absolute Gasteiger partial charge is 0.337 e. The van der Waals surface area contributed by atoms with Gasteiger partial charge in [0.25, 0.3) is 0 Å². The predicted octanol–water partition coefficient (Wildman–Crippen LogP) is 0.0535. The van der Waals surface area contributed by atoms with Crippen molar-refractivity contribution >= 4 is 16.4 Å². The van der Waals surface area contributed by atoms with Crippen LogP contribution in [0, 0.1) is 6.92 Å². The molecule has 0 aromatic carbocycles. The summed E-state index contributed by atoms with van der Waals surface area (Å²) in [6.45, 7) is 1.94. The molecule has 0 radical (unpaired) electrons. The fourth-order valence-electron chi connectivity index (χ4n) is 2.54. The van der Waals surface area contributed by atoms with Crippen LogP contribution in [0.1, 0.15) is 30.6 Å². The minimum Gasteiger partial charge on any atom is -0.337 e. The highest BCUT2D eigenvalue weighted by molar-refractivity contribution is 7.80. The highest BCUT2D eigenvalue weighted by atomic mass is 32.3. The summed E-state index contributed by atoms with van der Waals surface area (Å²) in [4.78, 5) is 17.6. The fourth-order valence-corrected chi connectivity index (χ4v) is 2.93. The highest BCUT2D eigenvalue weighted by Gasteiger charge is 2.49. The third-order valence-corrected chi connectivity index (χ3v) is 3.67. The molecule has 2 bridgehead atoms. The number of piperidine rings is 1. The van der Waals surface area contributed by atoms with Gasteiger partial charge in [0.2, 0.25) is 5.89 Å². The van der Waals surface area contributed by atoms with Crippen LogP contribution in [-0.4, -0.2) is 51.7 Å². The van der Waals surface area contributed by atoms with E-state index in [2.05, 4.69) is 14.4 Å². The van der Waals surface area contributed by atoms with E-state index < -0.39 is 28.5 Å². The van der Waals surface area contributed by atoms with Crippen molar-refractivity contribution in [3.8, 4) is 0 Å². The number of aromatic nitrogens is 2. The molecule has 1 N–H and O–H groups in total. The number of carbonyl (C=O) groups is 1. The molecule has 110 valence electrons. The van der Waals surface area contributed by atoms with Crippen molar-refractivity contribution in [2.24, 2.45) is 0 Å². The van der Waals surface area contributed by atoms with Gasteiger partial charge < -0.3 is 9.42 Å². The van der Waals surface area contributed by atoms with Crippen molar-refractivity contribution in [3.63, 3.8) is 0 Å². The summed E-state index contributed by atoms with van der Waals surface area (Å²) in [6, 6.07) is -1.48. The quantitative estimate of drug-likeness (QED) is 0.776. The van der Waals surface area contributed by atoms with E-state index in [9.17, 15) is 13.2 Å². The van der Waals surface area contributed by atoms with Crippen molar-refractivity contribution in [3.05, 3.63) is 11.7 Å². The lowest BCUT2D eigenvalue weighted by Crippen LogP contribution is -2.35. The predicted molar refractivity (Wildman–Crippen MR) is 61.4 cm³/mol. The molecule has 2 atom stereocenters. The zero-order valence-electron chi connectivity index (χ0n) is 10.5. The summed E-state index contributed by atoms with van der Waals surface area (Å²) in [5, 5.41) is 4.35. The summed E-state index contributed by atoms with van der Waals surface area (Å²) >= 11 is 0. The first-order valence-corrected chi connectivity index (χ1v) is 7.29. The summed E-state index contributed by atoms with van der Waals surface area (Å²) in [6.07, 6.45) is 1.05. The number of hydrogen-bond acceptors (Lipinski definition) is 7. The molecule has 3 heterocycles. The molecule has 11 heteroatoms. The summed E-state index contributed by atoms with van der Waals surface area (Å²) in [5.74, 6) is 0.766. The topological polar surface area (TPSA) is 126 Å². The van der Waals surface area contributed by atoms with Crippen molar-refractivity contribution in [1.82, 2.24) is 20.1 Å². The van der Waals surface area contributed by atoms with E-state index in [-0.39, 0.29) is 6.54 Å². The van der Waals surface area contributed by atoms with Crippen molar-refractivity contribution in [2.75, 3.05) is 6.54 Å². The minimum absolute atomic E-state index is 0.278. The van der Waals surface area contributed by atoms with Gasteiger partial charge in [-0.15, -0.1) is 4.28 Å². The van der Waals surface area contributed by atoms with Gasteiger partial charge in [-0.2, -0.15) is 18.5 Å². The summed E-state index contributed by atoms with van der Waals surface area (Å²) in [5.41, 5.74) is 0. The van der Waals surface area contributed by atoms with Crippen LogP contribution in [0.3, 0.4) is 0 Å². The van der Waals surface area contributed by atoms with Crippen LogP contribution in [0.4, 0.5) is 4.79 Å². The summed E-state index contributed by atoms with van der Waals surface area (Å²) in [7, 11) is -4.73. The third kappa shape index (κ3) is 2.23. The van der Waals surface area contributed by atoms with Crippen LogP contribution in [-0.2, 0) is 14.7 Å². The van der Waals surface area contributed by atoms with Crippen molar-refractivity contribution < 1.29 is 26.6 Å². The SMILES string of the molecule is Cc1noc(C2CCC3CN2C(=O)N3OS(=O)(=O)O)n1.